The van der Waals surface area contributed by atoms with E-state index >= 15 is 0 Å². The molecule has 1 aliphatic carbocycles. The smallest absolute Gasteiger partial charge is 0.0880 e. The molecule has 1 aliphatic rings. The number of halogens is 1. The van der Waals surface area contributed by atoms with Crippen molar-refractivity contribution in [2.45, 2.75) is 57.1 Å². The minimum Gasteiger partial charge on any atom is -0.376 e. The minimum absolute atomic E-state index is 0.0418. The molecule has 1 aromatic heterocycles. The quantitative estimate of drug-likeness (QED) is 0.766. The van der Waals surface area contributed by atoms with E-state index in [2.05, 4.69) is 39.6 Å². The molecule has 108 valence electrons. The number of nitrogens with one attached hydrogen (secondary N) is 1. The fourth-order valence-corrected chi connectivity index (χ4v) is 4.95. The third-order valence-corrected chi connectivity index (χ3v) is 6.13. The van der Waals surface area contributed by atoms with Crippen molar-refractivity contribution < 1.29 is 4.74 Å². The second kappa shape index (κ2) is 7.21. The summed E-state index contributed by atoms with van der Waals surface area (Å²) in [5.74, 6) is 0. The summed E-state index contributed by atoms with van der Waals surface area (Å²) < 4.78 is 7.29. The lowest BCUT2D eigenvalue weighted by Crippen LogP contribution is -2.45. The molecule has 19 heavy (non-hydrogen) atoms. The Labute approximate surface area is 129 Å². The van der Waals surface area contributed by atoms with Crippen molar-refractivity contribution in [1.82, 2.24) is 5.32 Å². The maximum atomic E-state index is 6.08. The van der Waals surface area contributed by atoms with Crippen LogP contribution in [0.5, 0.6) is 0 Å². The van der Waals surface area contributed by atoms with Crippen molar-refractivity contribution >= 4 is 27.3 Å². The Bertz CT molecular complexity index is 385. The molecule has 1 unspecified atom stereocenters. The van der Waals surface area contributed by atoms with E-state index in [1.54, 1.807) is 0 Å². The Morgan fingerprint density at radius 3 is 2.53 bits per heavy atom. The third-order valence-electron chi connectivity index (χ3n) is 4.20. The Morgan fingerprint density at radius 2 is 2.05 bits per heavy atom. The predicted molar refractivity (Wildman–Crippen MR) is 85.9 cm³/mol. The van der Waals surface area contributed by atoms with Gasteiger partial charge in [-0.2, -0.15) is 0 Å². The van der Waals surface area contributed by atoms with E-state index in [1.807, 2.05) is 18.4 Å². The zero-order valence-electron chi connectivity index (χ0n) is 11.9. The van der Waals surface area contributed by atoms with Gasteiger partial charge in [0.25, 0.3) is 0 Å². The molecule has 1 atom stereocenters. The van der Waals surface area contributed by atoms with Gasteiger partial charge in [0.1, 0.15) is 0 Å². The maximum absolute atomic E-state index is 6.08. The van der Waals surface area contributed by atoms with E-state index in [9.17, 15) is 0 Å². The van der Waals surface area contributed by atoms with Gasteiger partial charge in [0.05, 0.1) is 11.6 Å². The van der Waals surface area contributed by atoms with Gasteiger partial charge in [0.2, 0.25) is 0 Å². The first-order valence-electron chi connectivity index (χ1n) is 7.25. The molecule has 0 aromatic carbocycles. The molecule has 4 heteroatoms. The first-order valence-corrected chi connectivity index (χ1v) is 8.92. The van der Waals surface area contributed by atoms with Crippen molar-refractivity contribution in [1.29, 1.82) is 0 Å². The topological polar surface area (TPSA) is 21.3 Å². The molecule has 0 spiro atoms. The summed E-state index contributed by atoms with van der Waals surface area (Å²) in [6.45, 7) is 3.15. The molecule has 0 bridgehead atoms. The fraction of sp³-hybridized carbons (Fsp3) is 0.733. The highest BCUT2D eigenvalue weighted by Gasteiger charge is 2.41. The maximum Gasteiger partial charge on any atom is 0.0880 e. The van der Waals surface area contributed by atoms with Crippen LogP contribution >= 0.6 is 27.3 Å². The summed E-state index contributed by atoms with van der Waals surface area (Å²) in [7, 11) is 1.89. The van der Waals surface area contributed by atoms with Crippen LogP contribution in [-0.2, 0) is 4.74 Å². The Balaban J connectivity index is 2.31. The number of methoxy groups -OCH3 is 1. The van der Waals surface area contributed by atoms with E-state index in [1.165, 1.54) is 35.0 Å². The van der Waals surface area contributed by atoms with E-state index in [0.717, 1.165) is 19.4 Å². The summed E-state index contributed by atoms with van der Waals surface area (Å²) >= 11 is 5.51. The van der Waals surface area contributed by atoms with E-state index < -0.39 is 0 Å². The van der Waals surface area contributed by atoms with Crippen LogP contribution in [0.3, 0.4) is 0 Å². The minimum atomic E-state index is -0.0418. The molecule has 1 aromatic rings. The van der Waals surface area contributed by atoms with E-state index in [-0.39, 0.29) is 5.60 Å². The molecule has 0 aliphatic heterocycles. The monoisotopic (exact) mass is 345 g/mol. The van der Waals surface area contributed by atoms with Crippen molar-refractivity contribution in [3.63, 3.8) is 0 Å². The highest BCUT2D eigenvalue weighted by molar-refractivity contribution is 9.10. The zero-order valence-corrected chi connectivity index (χ0v) is 14.3. The number of likely N-dealkylation sites (N-methyl/N-ethyl adjacent to an activating group) is 1. The lowest BCUT2D eigenvalue weighted by molar-refractivity contribution is -0.0529. The predicted octanol–water partition coefficient (Wildman–Crippen LogP) is 4.90. The lowest BCUT2D eigenvalue weighted by atomic mass is 9.85. The number of hydrogen-bond acceptors (Lipinski definition) is 3. The van der Waals surface area contributed by atoms with Gasteiger partial charge in [-0.1, -0.05) is 32.6 Å². The number of hydrogen-bond donors (Lipinski definition) is 1. The molecule has 1 N–H and O–H groups in total. The van der Waals surface area contributed by atoms with Gasteiger partial charge >= 0.3 is 0 Å². The van der Waals surface area contributed by atoms with Crippen LogP contribution < -0.4 is 5.32 Å². The van der Waals surface area contributed by atoms with Crippen LogP contribution in [0, 0.1) is 0 Å². The highest BCUT2D eigenvalue weighted by atomic mass is 79.9. The molecule has 1 heterocycles. The Morgan fingerprint density at radius 1 is 1.37 bits per heavy atom. The van der Waals surface area contributed by atoms with Crippen LogP contribution in [0.1, 0.15) is 56.4 Å². The molecular formula is C15H24BrNOS. The summed E-state index contributed by atoms with van der Waals surface area (Å²) in [4.78, 5) is 1.38. The summed E-state index contributed by atoms with van der Waals surface area (Å²) in [6.07, 6.45) is 7.56. The second-order valence-electron chi connectivity index (χ2n) is 5.31. The summed E-state index contributed by atoms with van der Waals surface area (Å²) in [5.41, 5.74) is -0.0418. The van der Waals surface area contributed by atoms with Gasteiger partial charge in [-0.3, -0.25) is 0 Å². The van der Waals surface area contributed by atoms with Crippen molar-refractivity contribution in [2.24, 2.45) is 0 Å². The molecule has 1 fully saturated rings. The van der Waals surface area contributed by atoms with Gasteiger partial charge in [0, 0.05) is 16.5 Å². The molecule has 0 saturated heterocycles. The van der Waals surface area contributed by atoms with Crippen LogP contribution in [0.25, 0.3) is 0 Å². The third kappa shape index (κ3) is 3.41. The average Bonchev–Trinajstić information content (AvgIpc) is 2.70. The van der Waals surface area contributed by atoms with Gasteiger partial charge in [-0.15, -0.1) is 11.3 Å². The standard InChI is InChI=1S/C15H24BrNOS/c1-3-17-14(13-12(16)8-11-19-13)15(18-2)9-6-4-5-7-10-15/h8,11,14,17H,3-7,9-10H2,1-2H3. The van der Waals surface area contributed by atoms with E-state index in [0.29, 0.717) is 6.04 Å². The van der Waals surface area contributed by atoms with Gasteiger partial charge in [-0.25, -0.2) is 0 Å². The van der Waals surface area contributed by atoms with Crippen molar-refractivity contribution in [3.8, 4) is 0 Å². The summed E-state index contributed by atoms with van der Waals surface area (Å²) in [5, 5.41) is 5.83. The number of thiophene rings is 1. The Kier molecular flexibility index (Phi) is 5.87. The van der Waals surface area contributed by atoms with E-state index in [4.69, 9.17) is 4.74 Å². The van der Waals surface area contributed by atoms with Crippen LogP contribution in [-0.4, -0.2) is 19.3 Å². The highest BCUT2D eigenvalue weighted by Crippen LogP contribution is 2.43. The number of ether oxygens (including phenoxy) is 1. The first kappa shape index (κ1) is 15.5. The van der Waals surface area contributed by atoms with Crippen molar-refractivity contribution in [3.05, 3.63) is 20.8 Å². The molecule has 1 saturated carbocycles. The molecule has 0 amide bonds. The SMILES string of the molecule is CCNC(c1sccc1Br)C1(OC)CCCCCC1. The lowest BCUT2D eigenvalue weighted by Gasteiger charge is -2.39. The second-order valence-corrected chi connectivity index (χ2v) is 7.11. The molecular weight excluding hydrogens is 322 g/mol. The van der Waals surface area contributed by atoms with Crippen molar-refractivity contribution in [2.75, 3.05) is 13.7 Å². The van der Waals surface area contributed by atoms with Gasteiger partial charge in [0.15, 0.2) is 0 Å². The zero-order chi connectivity index (χ0) is 13.7. The normalized spacial score (nSPS) is 21.0. The average molecular weight is 346 g/mol. The first-order chi connectivity index (χ1) is 9.23. The largest absolute Gasteiger partial charge is 0.376 e. The fourth-order valence-electron chi connectivity index (χ4n) is 3.17. The summed E-state index contributed by atoms with van der Waals surface area (Å²) in [6, 6.07) is 2.44. The Hall–Kier alpha value is 0.1000. The molecule has 2 rings (SSSR count). The van der Waals surface area contributed by atoms with Crippen LogP contribution in [0.4, 0.5) is 0 Å². The van der Waals surface area contributed by atoms with Gasteiger partial charge < -0.3 is 10.1 Å². The molecule has 0 radical (unpaired) electrons. The number of rotatable bonds is 5. The van der Waals surface area contributed by atoms with Gasteiger partial charge in [-0.05, 0) is 46.8 Å². The van der Waals surface area contributed by atoms with Crippen LogP contribution in [0.2, 0.25) is 0 Å². The molecule has 2 nitrogen and oxygen atoms in total. The van der Waals surface area contributed by atoms with Crippen LogP contribution in [0.15, 0.2) is 15.9 Å².